The Morgan fingerprint density at radius 3 is 2.85 bits per heavy atom. The van der Waals surface area contributed by atoms with Gasteiger partial charge in [0.25, 0.3) is 0 Å². The van der Waals surface area contributed by atoms with Gasteiger partial charge in [-0.2, -0.15) is 5.26 Å². The van der Waals surface area contributed by atoms with Gasteiger partial charge in [0.1, 0.15) is 0 Å². The van der Waals surface area contributed by atoms with Crippen LogP contribution in [0.5, 0.6) is 5.75 Å². The highest BCUT2D eigenvalue weighted by molar-refractivity contribution is 6.17. The van der Waals surface area contributed by atoms with E-state index in [0.717, 1.165) is 0 Å². The number of nitriles is 1. The fourth-order valence-corrected chi connectivity index (χ4v) is 0.841. The van der Waals surface area contributed by atoms with Gasteiger partial charge in [-0.05, 0) is 18.2 Å². The number of benzene rings is 1. The van der Waals surface area contributed by atoms with Gasteiger partial charge in [-0.25, -0.2) is 4.85 Å². The van der Waals surface area contributed by atoms with Gasteiger partial charge in [-0.1, -0.05) is 0 Å². The summed E-state index contributed by atoms with van der Waals surface area (Å²) < 4.78 is 4.63. The summed E-state index contributed by atoms with van der Waals surface area (Å²) in [5.74, 6) is 0.271. The van der Waals surface area contributed by atoms with Crippen LogP contribution in [0.4, 0.5) is 5.69 Å². The maximum atomic E-state index is 8.57. The molecule has 0 fully saturated rings. The molecular formula is C8H4BN2O2. The second-order valence-corrected chi connectivity index (χ2v) is 2.16. The summed E-state index contributed by atoms with van der Waals surface area (Å²) in [6.45, 7) is 6.73. The summed E-state index contributed by atoms with van der Waals surface area (Å²) in [5.41, 5.74) is 0.626. The van der Waals surface area contributed by atoms with E-state index in [1.54, 1.807) is 0 Å². The quantitative estimate of drug-likeness (QED) is 0.533. The molecule has 0 aliphatic carbocycles. The van der Waals surface area contributed by atoms with Crippen LogP contribution in [0.1, 0.15) is 5.56 Å². The maximum Gasteiger partial charge on any atom is 0.569 e. The normalized spacial score (nSPS) is 8.23. The number of rotatable bonds is 2. The van der Waals surface area contributed by atoms with Crippen LogP contribution in [-0.4, -0.2) is 12.7 Å². The minimum absolute atomic E-state index is 0.271. The molecule has 1 N–H and O–H groups in total. The van der Waals surface area contributed by atoms with Crippen LogP contribution in [0.2, 0.25) is 0 Å². The first-order valence-electron chi connectivity index (χ1n) is 3.35. The Labute approximate surface area is 76.1 Å². The van der Waals surface area contributed by atoms with Crippen molar-refractivity contribution in [1.82, 2.24) is 0 Å². The molecule has 0 saturated carbocycles. The summed E-state index contributed by atoms with van der Waals surface area (Å²) >= 11 is 0. The highest BCUT2D eigenvalue weighted by atomic mass is 16.5. The smallest absolute Gasteiger partial charge is 0.538 e. The number of nitrogens with zero attached hydrogens (tertiary/aromatic N) is 2. The summed E-state index contributed by atoms with van der Waals surface area (Å²) in [4.78, 5) is 3.15. The topological polar surface area (TPSA) is 57.6 Å². The van der Waals surface area contributed by atoms with E-state index < -0.39 is 0 Å². The van der Waals surface area contributed by atoms with Crippen LogP contribution in [0.3, 0.4) is 0 Å². The third-order valence-corrected chi connectivity index (χ3v) is 1.34. The largest absolute Gasteiger partial charge is 0.569 e. The summed E-state index contributed by atoms with van der Waals surface area (Å²) in [7, 11) is 0.504. The average Bonchev–Trinajstić information content (AvgIpc) is 2.17. The molecule has 0 aromatic heterocycles. The lowest BCUT2D eigenvalue weighted by atomic mass is 10.2. The third kappa shape index (κ3) is 2.23. The van der Waals surface area contributed by atoms with E-state index in [-0.39, 0.29) is 5.75 Å². The van der Waals surface area contributed by atoms with E-state index in [2.05, 4.69) is 9.50 Å². The van der Waals surface area contributed by atoms with E-state index in [9.17, 15) is 0 Å². The SMILES string of the molecule is [C-]#[N+]c1cc(C#N)cc(O[B]O)c1. The van der Waals surface area contributed by atoms with E-state index in [4.69, 9.17) is 16.9 Å². The van der Waals surface area contributed by atoms with E-state index in [1.165, 1.54) is 18.2 Å². The zero-order valence-corrected chi connectivity index (χ0v) is 6.56. The van der Waals surface area contributed by atoms with Crippen LogP contribution >= 0.6 is 0 Å². The summed E-state index contributed by atoms with van der Waals surface area (Å²) in [5, 5.41) is 16.9. The fraction of sp³-hybridized carbons (Fsp3) is 0. The molecule has 0 atom stereocenters. The van der Waals surface area contributed by atoms with Gasteiger partial charge in [-0.15, -0.1) is 0 Å². The van der Waals surface area contributed by atoms with Crippen LogP contribution in [-0.2, 0) is 0 Å². The number of hydrogen-bond acceptors (Lipinski definition) is 3. The molecule has 4 nitrogen and oxygen atoms in total. The van der Waals surface area contributed by atoms with Crippen LogP contribution < -0.4 is 4.65 Å². The van der Waals surface area contributed by atoms with Crippen molar-refractivity contribution in [3.63, 3.8) is 0 Å². The minimum Gasteiger partial charge on any atom is -0.538 e. The zero-order chi connectivity index (χ0) is 9.68. The lowest BCUT2D eigenvalue weighted by molar-refractivity contribution is 0.454. The molecule has 0 heterocycles. The van der Waals surface area contributed by atoms with Gasteiger partial charge in [0.05, 0.1) is 18.4 Å². The van der Waals surface area contributed by atoms with Crippen molar-refractivity contribution in [2.75, 3.05) is 0 Å². The second-order valence-electron chi connectivity index (χ2n) is 2.16. The van der Waals surface area contributed by atoms with E-state index in [0.29, 0.717) is 18.9 Å². The lowest BCUT2D eigenvalue weighted by Crippen LogP contribution is -1.99. The molecule has 0 aliphatic heterocycles. The highest BCUT2D eigenvalue weighted by Gasteiger charge is 2.01. The van der Waals surface area contributed by atoms with Gasteiger partial charge < -0.3 is 9.68 Å². The first kappa shape index (κ1) is 9.12. The van der Waals surface area contributed by atoms with Crippen LogP contribution in [0.15, 0.2) is 18.2 Å². The monoisotopic (exact) mass is 171 g/mol. The molecule has 0 bridgehead atoms. The first-order valence-corrected chi connectivity index (χ1v) is 3.35. The molecule has 1 radical (unpaired) electrons. The molecule has 0 unspecified atom stereocenters. The van der Waals surface area contributed by atoms with Crippen molar-refractivity contribution < 1.29 is 9.68 Å². The Kier molecular flexibility index (Phi) is 2.91. The summed E-state index contributed by atoms with van der Waals surface area (Å²) in [6, 6.07) is 6.19. The van der Waals surface area contributed by atoms with Crippen molar-refractivity contribution in [3.8, 4) is 11.8 Å². The van der Waals surface area contributed by atoms with Gasteiger partial charge in [0.2, 0.25) is 0 Å². The highest BCUT2D eigenvalue weighted by Crippen LogP contribution is 2.22. The molecular weight excluding hydrogens is 167 g/mol. The predicted octanol–water partition coefficient (Wildman–Crippen LogP) is 1.01. The zero-order valence-electron chi connectivity index (χ0n) is 6.56. The molecule has 1 aromatic carbocycles. The molecule has 13 heavy (non-hydrogen) atoms. The average molecular weight is 171 g/mol. The maximum absolute atomic E-state index is 8.57. The molecule has 0 amide bonds. The van der Waals surface area contributed by atoms with Crippen molar-refractivity contribution in [2.24, 2.45) is 0 Å². The summed E-state index contributed by atoms with van der Waals surface area (Å²) in [6.07, 6.45) is 0. The third-order valence-electron chi connectivity index (χ3n) is 1.34. The standard InChI is InChI=1S/C8H4BN2O2/c1-11-7-2-6(5-10)3-8(4-7)13-9-12/h2-4,12H. The first-order chi connectivity index (χ1) is 6.30. The lowest BCUT2D eigenvalue weighted by Gasteiger charge is -2.01. The molecule has 5 heteroatoms. The molecule has 0 spiro atoms. The van der Waals surface area contributed by atoms with Crippen molar-refractivity contribution >= 4 is 13.4 Å². The fourth-order valence-electron chi connectivity index (χ4n) is 0.841. The van der Waals surface area contributed by atoms with Crippen LogP contribution in [0, 0.1) is 17.9 Å². The molecule has 0 aliphatic rings. The van der Waals surface area contributed by atoms with E-state index in [1.807, 2.05) is 6.07 Å². The second kappa shape index (κ2) is 4.15. The molecule has 61 valence electrons. The van der Waals surface area contributed by atoms with Crippen molar-refractivity contribution in [3.05, 3.63) is 35.2 Å². The van der Waals surface area contributed by atoms with Crippen molar-refractivity contribution in [2.45, 2.75) is 0 Å². The van der Waals surface area contributed by atoms with E-state index >= 15 is 0 Å². The Balaban J connectivity index is 3.11. The van der Waals surface area contributed by atoms with Gasteiger partial charge in [-0.3, -0.25) is 0 Å². The Morgan fingerprint density at radius 2 is 2.31 bits per heavy atom. The Morgan fingerprint density at radius 1 is 1.54 bits per heavy atom. The van der Waals surface area contributed by atoms with Gasteiger partial charge in [0, 0.05) is 5.56 Å². The minimum atomic E-state index is 0.271. The van der Waals surface area contributed by atoms with Crippen LogP contribution in [0.25, 0.3) is 4.85 Å². The number of hydrogen-bond donors (Lipinski definition) is 1. The molecule has 0 saturated heterocycles. The molecule has 1 aromatic rings. The predicted molar refractivity (Wildman–Crippen MR) is 46.0 cm³/mol. The molecule has 1 rings (SSSR count). The Bertz CT molecular complexity index is 360. The van der Waals surface area contributed by atoms with Crippen molar-refractivity contribution in [1.29, 1.82) is 5.26 Å². The van der Waals surface area contributed by atoms with Gasteiger partial charge in [0.15, 0.2) is 5.69 Å². The Hall–Kier alpha value is -1.98. The van der Waals surface area contributed by atoms with Gasteiger partial charge >= 0.3 is 7.69 Å².